The fraction of sp³-hybridized carbons (Fsp3) is 0.267. The standard InChI is InChI=1S/C30H31NO6/c1-4-36-24-15-11-22(12-16-24)28(32)26-27(31(17-18-35-3)30(34)29(26)33)21-9-13-25(14-10-21)37-19-23-8-6-5-7-20(23)2/h5-16,27,32H,4,17-19H2,1-3H3/b28-26-. The van der Waals surface area contributed by atoms with E-state index < -0.39 is 17.7 Å². The monoisotopic (exact) mass is 501 g/mol. The van der Waals surface area contributed by atoms with Gasteiger partial charge in [-0.2, -0.15) is 0 Å². The lowest BCUT2D eigenvalue weighted by molar-refractivity contribution is -0.140. The largest absolute Gasteiger partial charge is 0.507 e. The van der Waals surface area contributed by atoms with Crippen LogP contribution in [0.25, 0.3) is 5.76 Å². The van der Waals surface area contributed by atoms with E-state index in [4.69, 9.17) is 14.2 Å². The van der Waals surface area contributed by atoms with Crippen molar-refractivity contribution in [2.24, 2.45) is 0 Å². The van der Waals surface area contributed by atoms with Gasteiger partial charge >= 0.3 is 0 Å². The van der Waals surface area contributed by atoms with Crippen molar-refractivity contribution in [1.82, 2.24) is 4.90 Å². The number of carbonyl (C=O) groups is 2. The summed E-state index contributed by atoms with van der Waals surface area (Å²) >= 11 is 0. The molecule has 1 aliphatic heterocycles. The molecule has 3 aromatic carbocycles. The third-order valence-electron chi connectivity index (χ3n) is 6.37. The molecular formula is C30H31NO6. The van der Waals surface area contributed by atoms with E-state index in [1.807, 2.05) is 50.2 Å². The highest BCUT2D eigenvalue weighted by Crippen LogP contribution is 2.40. The smallest absolute Gasteiger partial charge is 0.295 e. The fourth-order valence-corrected chi connectivity index (χ4v) is 4.36. The number of amides is 1. The van der Waals surface area contributed by atoms with Gasteiger partial charge in [0, 0.05) is 19.2 Å². The number of carbonyl (C=O) groups excluding carboxylic acids is 2. The molecule has 0 radical (unpaired) electrons. The van der Waals surface area contributed by atoms with Gasteiger partial charge < -0.3 is 24.2 Å². The van der Waals surface area contributed by atoms with E-state index in [0.717, 1.165) is 11.1 Å². The molecule has 7 heteroatoms. The van der Waals surface area contributed by atoms with Gasteiger partial charge in [0.2, 0.25) is 0 Å². The molecule has 1 unspecified atom stereocenters. The number of Topliss-reactive ketones (excluding diaryl/α,β-unsaturated/α-hetero) is 1. The van der Waals surface area contributed by atoms with E-state index in [1.54, 1.807) is 36.4 Å². The van der Waals surface area contributed by atoms with Crippen molar-refractivity contribution in [3.8, 4) is 11.5 Å². The molecule has 1 saturated heterocycles. The molecular weight excluding hydrogens is 470 g/mol. The summed E-state index contributed by atoms with van der Waals surface area (Å²) in [5.74, 6) is -0.322. The van der Waals surface area contributed by atoms with Crippen molar-refractivity contribution in [3.63, 3.8) is 0 Å². The van der Waals surface area contributed by atoms with E-state index in [0.29, 0.717) is 35.8 Å². The Hall–Kier alpha value is -4.10. The number of ether oxygens (including phenoxy) is 3. The summed E-state index contributed by atoms with van der Waals surface area (Å²) in [6, 6.07) is 21.3. The van der Waals surface area contributed by atoms with Crippen LogP contribution in [0.4, 0.5) is 0 Å². The number of aryl methyl sites for hydroxylation is 1. The second-order valence-corrected chi connectivity index (χ2v) is 8.73. The van der Waals surface area contributed by atoms with Crippen molar-refractivity contribution in [3.05, 3.63) is 101 Å². The van der Waals surface area contributed by atoms with Gasteiger partial charge in [-0.15, -0.1) is 0 Å². The lowest BCUT2D eigenvalue weighted by Gasteiger charge is -2.25. The Labute approximate surface area is 216 Å². The molecule has 0 aromatic heterocycles. The molecule has 1 amide bonds. The SMILES string of the molecule is CCOc1ccc(/C(O)=C2/C(=O)C(=O)N(CCOC)C2c2ccc(OCc3ccccc3C)cc2)cc1. The van der Waals surface area contributed by atoms with Crippen LogP contribution >= 0.6 is 0 Å². The Bertz CT molecular complexity index is 1280. The molecule has 1 N–H and O–H groups in total. The molecule has 0 aliphatic carbocycles. The van der Waals surface area contributed by atoms with Crippen LogP contribution in [0.15, 0.2) is 78.4 Å². The highest BCUT2D eigenvalue weighted by atomic mass is 16.5. The minimum atomic E-state index is -0.757. The van der Waals surface area contributed by atoms with Crippen LogP contribution in [0.3, 0.4) is 0 Å². The zero-order valence-corrected chi connectivity index (χ0v) is 21.3. The number of methoxy groups -OCH3 is 1. The number of benzene rings is 3. The first-order chi connectivity index (χ1) is 17.9. The van der Waals surface area contributed by atoms with E-state index in [9.17, 15) is 14.7 Å². The van der Waals surface area contributed by atoms with Gasteiger partial charge in [-0.1, -0.05) is 36.4 Å². The Morgan fingerprint density at radius 1 is 0.919 bits per heavy atom. The predicted octanol–water partition coefficient (Wildman–Crippen LogP) is 5.04. The quantitative estimate of drug-likeness (QED) is 0.238. The van der Waals surface area contributed by atoms with Gasteiger partial charge in [0.05, 0.1) is 24.8 Å². The average molecular weight is 502 g/mol. The lowest BCUT2D eigenvalue weighted by atomic mass is 9.95. The Kier molecular flexibility index (Phi) is 8.25. The first-order valence-corrected chi connectivity index (χ1v) is 12.2. The summed E-state index contributed by atoms with van der Waals surface area (Å²) in [5, 5.41) is 11.2. The summed E-state index contributed by atoms with van der Waals surface area (Å²) in [6.07, 6.45) is 0. The second kappa shape index (κ2) is 11.8. The van der Waals surface area contributed by atoms with E-state index in [1.165, 1.54) is 12.0 Å². The maximum atomic E-state index is 13.1. The molecule has 1 heterocycles. The van der Waals surface area contributed by atoms with Gasteiger partial charge in [0.1, 0.15) is 23.9 Å². The Morgan fingerprint density at radius 2 is 1.57 bits per heavy atom. The molecule has 0 bridgehead atoms. The molecule has 0 saturated carbocycles. The zero-order valence-electron chi connectivity index (χ0n) is 21.3. The molecule has 3 aromatic rings. The van der Waals surface area contributed by atoms with Crippen molar-refractivity contribution in [2.75, 3.05) is 26.9 Å². The summed E-state index contributed by atoms with van der Waals surface area (Å²) in [4.78, 5) is 27.5. The maximum absolute atomic E-state index is 13.1. The van der Waals surface area contributed by atoms with E-state index in [2.05, 4.69) is 0 Å². The van der Waals surface area contributed by atoms with Crippen LogP contribution in [0.5, 0.6) is 11.5 Å². The van der Waals surface area contributed by atoms with Gasteiger partial charge in [0.25, 0.3) is 11.7 Å². The van der Waals surface area contributed by atoms with Crippen molar-refractivity contribution >= 4 is 17.4 Å². The van der Waals surface area contributed by atoms with Gasteiger partial charge in [-0.05, 0) is 66.9 Å². The Balaban J connectivity index is 1.65. The van der Waals surface area contributed by atoms with Crippen LogP contribution in [0, 0.1) is 6.92 Å². The third-order valence-corrected chi connectivity index (χ3v) is 6.37. The van der Waals surface area contributed by atoms with Crippen LogP contribution in [0.1, 0.15) is 35.2 Å². The molecule has 1 aliphatic rings. The number of ketones is 1. The minimum absolute atomic E-state index is 0.0406. The van der Waals surface area contributed by atoms with Crippen LogP contribution < -0.4 is 9.47 Å². The highest BCUT2D eigenvalue weighted by molar-refractivity contribution is 6.46. The number of aliphatic hydroxyl groups excluding tert-OH is 1. The first kappa shape index (κ1) is 26.0. The lowest BCUT2D eigenvalue weighted by Crippen LogP contribution is -2.32. The third kappa shape index (κ3) is 5.67. The van der Waals surface area contributed by atoms with Crippen LogP contribution in [0.2, 0.25) is 0 Å². The topological polar surface area (TPSA) is 85.3 Å². The van der Waals surface area contributed by atoms with Crippen LogP contribution in [-0.2, 0) is 20.9 Å². The van der Waals surface area contributed by atoms with Gasteiger partial charge in [-0.25, -0.2) is 0 Å². The van der Waals surface area contributed by atoms with E-state index in [-0.39, 0.29) is 24.5 Å². The molecule has 0 spiro atoms. The number of aliphatic hydroxyl groups is 1. The molecule has 192 valence electrons. The molecule has 7 nitrogen and oxygen atoms in total. The molecule has 1 fully saturated rings. The van der Waals surface area contributed by atoms with Crippen molar-refractivity contribution < 1.29 is 28.9 Å². The number of likely N-dealkylation sites (tertiary alicyclic amines) is 1. The highest BCUT2D eigenvalue weighted by Gasteiger charge is 2.45. The average Bonchev–Trinajstić information content (AvgIpc) is 3.17. The summed E-state index contributed by atoms with van der Waals surface area (Å²) in [5.41, 5.74) is 3.39. The second-order valence-electron chi connectivity index (χ2n) is 8.73. The van der Waals surface area contributed by atoms with Crippen LogP contribution in [-0.4, -0.2) is 48.6 Å². The summed E-state index contributed by atoms with van der Waals surface area (Å²) < 4.78 is 16.6. The minimum Gasteiger partial charge on any atom is -0.507 e. The summed E-state index contributed by atoms with van der Waals surface area (Å²) in [6.45, 7) is 5.32. The maximum Gasteiger partial charge on any atom is 0.295 e. The van der Waals surface area contributed by atoms with Crippen molar-refractivity contribution in [2.45, 2.75) is 26.5 Å². The number of nitrogens with zero attached hydrogens (tertiary/aromatic N) is 1. The Morgan fingerprint density at radius 3 is 2.22 bits per heavy atom. The number of hydrogen-bond acceptors (Lipinski definition) is 6. The zero-order chi connectivity index (χ0) is 26.4. The normalized spacial score (nSPS) is 16.7. The first-order valence-electron chi connectivity index (χ1n) is 12.2. The number of hydrogen-bond donors (Lipinski definition) is 1. The molecule has 4 rings (SSSR count). The van der Waals surface area contributed by atoms with Crippen molar-refractivity contribution in [1.29, 1.82) is 0 Å². The molecule has 37 heavy (non-hydrogen) atoms. The fourth-order valence-electron chi connectivity index (χ4n) is 4.36. The van der Waals surface area contributed by atoms with Gasteiger partial charge in [-0.3, -0.25) is 9.59 Å². The predicted molar refractivity (Wildman–Crippen MR) is 140 cm³/mol. The van der Waals surface area contributed by atoms with E-state index >= 15 is 0 Å². The number of rotatable bonds is 10. The van der Waals surface area contributed by atoms with Gasteiger partial charge in [0.15, 0.2) is 0 Å². The summed E-state index contributed by atoms with van der Waals surface area (Å²) in [7, 11) is 1.53. The molecule has 1 atom stereocenters.